The maximum Gasteiger partial charge on any atom is 0.141 e. The van der Waals surface area contributed by atoms with Crippen LogP contribution in [0.3, 0.4) is 0 Å². The summed E-state index contributed by atoms with van der Waals surface area (Å²) in [4.78, 5) is 6.38. The molecule has 0 amide bonds. The molecule has 8 heteroatoms. The number of nitrogens with two attached hydrogens (primary N) is 1. The molecule has 3 rings (SSSR count). The number of hydrogen-bond acceptors (Lipinski definition) is 4. The number of hydrogen-bond donors (Lipinski definition) is 1. The van der Waals surface area contributed by atoms with Gasteiger partial charge in [0.05, 0.1) is 10.4 Å². The Balaban J connectivity index is 2.06. The zero-order valence-corrected chi connectivity index (χ0v) is 18.5. The molecule has 1 saturated heterocycles. The average molecular weight is 448 g/mol. The van der Waals surface area contributed by atoms with Gasteiger partial charge in [0.1, 0.15) is 34.8 Å². The predicted molar refractivity (Wildman–Crippen MR) is 122 cm³/mol. The lowest BCUT2D eigenvalue weighted by atomic mass is 9.98. The Hall–Kier alpha value is -2.42. The summed E-state index contributed by atoms with van der Waals surface area (Å²) in [7, 11) is 0.00835. The number of rotatable bonds is 7. The zero-order valence-electron chi connectivity index (χ0n) is 17.7. The maximum absolute atomic E-state index is 14.7. The molecule has 2 N–H and O–H groups in total. The van der Waals surface area contributed by atoms with Crippen LogP contribution < -0.4 is 9.88 Å². The van der Waals surface area contributed by atoms with Crippen molar-refractivity contribution in [2.45, 2.75) is 32.0 Å². The minimum Gasteiger partial charge on any atom is -0.490 e. The molecule has 0 bridgehead atoms. The van der Waals surface area contributed by atoms with E-state index in [9.17, 15) is 13.0 Å². The maximum atomic E-state index is 14.7. The lowest BCUT2D eigenvalue weighted by molar-refractivity contribution is 0.115. The summed E-state index contributed by atoms with van der Waals surface area (Å²) in [5.74, 6) is -0.232. The highest BCUT2D eigenvalue weighted by atomic mass is 32.2. The number of halogens is 2. The van der Waals surface area contributed by atoms with E-state index in [4.69, 9.17) is 9.88 Å². The summed E-state index contributed by atoms with van der Waals surface area (Å²) in [5.41, 5.74) is 1.00. The molecule has 0 saturated carbocycles. The van der Waals surface area contributed by atoms with Gasteiger partial charge in [0.15, 0.2) is 0 Å². The van der Waals surface area contributed by atoms with Gasteiger partial charge in [-0.05, 0) is 56.7 Å². The Morgan fingerprint density at radius 3 is 2.71 bits per heavy atom. The van der Waals surface area contributed by atoms with Crippen LogP contribution in [0.4, 0.5) is 8.78 Å². The fraction of sp³-hybridized carbons (Fsp3) is 0.348. The van der Waals surface area contributed by atoms with Gasteiger partial charge in [-0.3, -0.25) is 4.98 Å². The Morgan fingerprint density at radius 1 is 1.39 bits per heavy atom. The van der Waals surface area contributed by atoms with Crippen LogP contribution in [0, 0.1) is 0 Å². The van der Waals surface area contributed by atoms with E-state index in [-0.39, 0.29) is 16.6 Å². The quantitative estimate of drug-likeness (QED) is 0.637. The number of alkyl halides is 1. The summed E-state index contributed by atoms with van der Waals surface area (Å²) in [6.45, 7) is 6.66. The second kappa shape index (κ2) is 10.3. The number of allylic oxidation sites excluding steroid dienone is 4. The van der Waals surface area contributed by atoms with Gasteiger partial charge in [0.2, 0.25) is 0 Å². The van der Waals surface area contributed by atoms with Crippen LogP contribution in [0.1, 0.15) is 25.3 Å². The first-order valence-corrected chi connectivity index (χ1v) is 11.3. The van der Waals surface area contributed by atoms with Crippen molar-refractivity contribution in [3.8, 4) is 5.75 Å². The molecule has 5 nitrogen and oxygen atoms in total. The number of benzene rings is 1. The van der Waals surface area contributed by atoms with Crippen molar-refractivity contribution in [1.29, 1.82) is 0 Å². The van der Waals surface area contributed by atoms with Crippen LogP contribution >= 0.6 is 0 Å². The predicted octanol–water partition coefficient (Wildman–Crippen LogP) is 4.44. The normalized spacial score (nSPS) is 19.1. The number of para-hydroxylation sites is 1. The molecule has 1 fully saturated rings. The minimum absolute atomic E-state index is 0.0665. The average Bonchev–Trinajstić information content (AvgIpc) is 2.73. The van der Waals surface area contributed by atoms with Gasteiger partial charge in [-0.25, -0.2) is 18.1 Å². The minimum atomic E-state index is -2.08. The zero-order chi connectivity index (χ0) is 22.5. The standard InChI is InChI=1S/C23H27F2N3O2S/c1-4-22(31(26)29)20(25)14-19(15(2)24)17-6-5-7-18-21(8-11-27-23(17)18)30-16-9-12-28(3)13-10-16/h4-8,11,14-16H,1,9-10,12-13,26H2,2-3H3/b19-14+,22-20-. The molecule has 2 atom stereocenters. The molecule has 1 aromatic carbocycles. The number of pyridine rings is 1. The highest BCUT2D eigenvalue weighted by Crippen LogP contribution is 2.34. The summed E-state index contributed by atoms with van der Waals surface area (Å²) < 4.78 is 47.0. The van der Waals surface area contributed by atoms with Crippen LogP contribution in [-0.4, -0.2) is 46.5 Å². The molecule has 2 unspecified atom stereocenters. The third-order valence-electron chi connectivity index (χ3n) is 5.35. The third-order valence-corrected chi connectivity index (χ3v) is 6.14. The molecule has 31 heavy (non-hydrogen) atoms. The SMILES string of the molecule is C=C/C(=C(F)\C=C(\c1cccc2c(OC3CCN(C)CC3)ccnc12)C(C)F)S(N)=O. The van der Waals surface area contributed by atoms with Crippen molar-refractivity contribution < 1.29 is 17.7 Å². The van der Waals surface area contributed by atoms with E-state index in [1.165, 1.54) is 6.92 Å². The van der Waals surface area contributed by atoms with Crippen LogP contribution in [0.25, 0.3) is 16.5 Å². The largest absolute Gasteiger partial charge is 0.490 e. The number of nitrogens with zero attached hydrogens (tertiary/aromatic N) is 2. The Kier molecular flexibility index (Phi) is 7.69. The molecule has 2 heterocycles. The summed E-state index contributed by atoms with van der Waals surface area (Å²) in [5, 5.41) is 6.02. The van der Waals surface area contributed by atoms with Crippen LogP contribution in [-0.2, 0) is 11.0 Å². The molecule has 1 aromatic heterocycles. The van der Waals surface area contributed by atoms with Gasteiger partial charge in [0.25, 0.3) is 0 Å². The van der Waals surface area contributed by atoms with E-state index >= 15 is 0 Å². The first-order chi connectivity index (χ1) is 14.8. The Labute approximate surface area is 183 Å². The monoisotopic (exact) mass is 447 g/mol. The van der Waals surface area contributed by atoms with Gasteiger partial charge in [-0.15, -0.1) is 0 Å². The van der Waals surface area contributed by atoms with Crippen LogP contribution in [0.15, 0.2) is 59.9 Å². The van der Waals surface area contributed by atoms with Gasteiger partial charge < -0.3 is 9.64 Å². The molecule has 1 aliphatic heterocycles. The summed E-state index contributed by atoms with van der Waals surface area (Å²) >= 11 is 0. The van der Waals surface area contributed by atoms with E-state index in [1.54, 1.807) is 24.4 Å². The molecular formula is C23H27F2N3O2S. The summed E-state index contributed by atoms with van der Waals surface area (Å²) in [6, 6.07) is 7.08. The molecule has 166 valence electrons. The number of likely N-dealkylation sites (tertiary alicyclic amines) is 1. The molecule has 0 radical (unpaired) electrons. The lowest BCUT2D eigenvalue weighted by Crippen LogP contribution is -2.35. The van der Waals surface area contributed by atoms with Gasteiger partial charge >= 0.3 is 0 Å². The van der Waals surface area contributed by atoms with E-state index < -0.39 is 23.0 Å². The van der Waals surface area contributed by atoms with E-state index in [0.717, 1.165) is 43.5 Å². The van der Waals surface area contributed by atoms with Crippen molar-refractivity contribution in [3.63, 3.8) is 0 Å². The van der Waals surface area contributed by atoms with Crippen molar-refractivity contribution in [2.75, 3.05) is 20.1 Å². The van der Waals surface area contributed by atoms with Crippen molar-refractivity contribution in [2.24, 2.45) is 5.14 Å². The van der Waals surface area contributed by atoms with E-state index in [1.807, 2.05) is 6.07 Å². The third kappa shape index (κ3) is 5.44. The first kappa shape index (κ1) is 23.2. The topological polar surface area (TPSA) is 68.4 Å². The van der Waals surface area contributed by atoms with Crippen molar-refractivity contribution in [1.82, 2.24) is 9.88 Å². The highest BCUT2D eigenvalue weighted by molar-refractivity contribution is 7.87. The second-order valence-corrected chi connectivity index (χ2v) is 8.60. The molecular weight excluding hydrogens is 420 g/mol. The smallest absolute Gasteiger partial charge is 0.141 e. The summed E-state index contributed by atoms with van der Waals surface area (Å²) in [6.07, 6.45) is 4.11. The van der Waals surface area contributed by atoms with Crippen molar-refractivity contribution >= 4 is 27.5 Å². The van der Waals surface area contributed by atoms with Crippen LogP contribution in [0.5, 0.6) is 5.75 Å². The van der Waals surface area contributed by atoms with Crippen LogP contribution in [0.2, 0.25) is 0 Å². The molecule has 0 aliphatic carbocycles. The molecule has 0 spiro atoms. The molecule has 1 aliphatic rings. The first-order valence-electron chi connectivity index (χ1n) is 10.1. The van der Waals surface area contributed by atoms with Crippen molar-refractivity contribution in [3.05, 3.63) is 65.5 Å². The Morgan fingerprint density at radius 2 is 2.10 bits per heavy atom. The fourth-order valence-electron chi connectivity index (χ4n) is 3.66. The number of piperidine rings is 1. The lowest BCUT2D eigenvalue weighted by Gasteiger charge is -2.29. The number of aromatic nitrogens is 1. The second-order valence-electron chi connectivity index (χ2n) is 7.56. The van der Waals surface area contributed by atoms with Gasteiger partial charge in [-0.2, -0.15) is 0 Å². The molecule has 2 aromatic rings. The number of fused-ring (bicyclic) bond motifs is 1. The fourth-order valence-corrected chi connectivity index (χ4v) is 4.07. The number of ether oxygens (including phenoxy) is 1. The highest BCUT2D eigenvalue weighted by Gasteiger charge is 2.21. The van der Waals surface area contributed by atoms with E-state index in [2.05, 4.69) is 23.5 Å². The van der Waals surface area contributed by atoms with Gasteiger partial charge in [0, 0.05) is 30.2 Å². The van der Waals surface area contributed by atoms with Gasteiger partial charge in [-0.1, -0.05) is 18.7 Å². The Bertz CT molecular complexity index is 1040. The van der Waals surface area contributed by atoms with E-state index in [0.29, 0.717) is 16.8 Å².